The zero-order chi connectivity index (χ0) is 12.1. The SMILES string of the molecule is CCNC(CN(C)Cc1ccncc1)C1CC1. The predicted octanol–water partition coefficient (Wildman–Crippen LogP) is 1.90. The fraction of sp³-hybridized carbons (Fsp3) is 0.643. The van der Waals surface area contributed by atoms with E-state index >= 15 is 0 Å². The molecule has 0 radical (unpaired) electrons. The van der Waals surface area contributed by atoms with Crippen molar-refractivity contribution < 1.29 is 0 Å². The van der Waals surface area contributed by atoms with Crippen LogP contribution in [-0.4, -0.2) is 36.1 Å². The average Bonchev–Trinajstić information content (AvgIpc) is 3.13. The van der Waals surface area contributed by atoms with Crippen molar-refractivity contribution in [1.82, 2.24) is 15.2 Å². The van der Waals surface area contributed by atoms with Crippen LogP contribution in [0.15, 0.2) is 24.5 Å². The van der Waals surface area contributed by atoms with Gasteiger partial charge in [-0.2, -0.15) is 0 Å². The largest absolute Gasteiger partial charge is 0.313 e. The molecule has 1 aliphatic rings. The van der Waals surface area contributed by atoms with Crippen molar-refractivity contribution in [3.8, 4) is 0 Å². The molecule has 1 aromatic rings. The van der Waals surface area contributed by atoms with Crippen molar-refractivity contribution in [3.63, 3.8) is 0 Å². The Labute approximate surface area is 104 Å². The lowest BCUT2D eigenvalue weighted by Gasteiger charge is -2.24. The number of aromatic nitrogens is 1. The van der Waals surface area contributed by atoms with E-state index in [0.717, 1.165) is 25.6 Å². The van der Waals surface area contributed by atoms with E-state index in [2.05, 4.69) is 41.3 Å². The van der Waals surface area contributed by atoms with Crippen LogP contribution in [0.4, 0.5) is 0 Å². The number of hydrogen-bond acceptors (Lipinski definition) is 3. The van der Waals surface area contributed by atoms with E-state index in [0.29, 0.717) is 6.04 Å². The summed E-state index contributed by atoms with van der Waals surface area (Å²) in [5.41, 5.74) is 1.34. The molecule has 17 heavy (non-hydrogen) atoms. The van der Waals surface area contributed by atoms with Gasteiger partial charge in [0.1, 0.15) is 0 Å². The standard InChI is InChI=1S/C14H23N3/c1-3-16-14(13-4-5-13)11-17(2)10-12-6-8-15-9-7-12/h6-9,13-14,16H,3-5,10-11H2,1-2H3. The van der Waals surface area contributed by atoms with E-state index in [1.807, 2.05) is 12.4 Å². The molecule has 94 valence electrons. The van der Waals surface area contributed by atoms with Crippen LogP contribution in [0, 0.1) is 5.92 Å². The van der Waals surface area contributed by atoms with Gasteiger partial charge in [-0.05, 0) is 50.0 Å². The molecule has 2 rings (SSSR count). The maximum absolute atomic E-state index is 4.05. The number of hydrogen-bond donors (Lipinski definition) is 1. The maximum atomic E-state index is 4.05. The Balaban J connectivity index is 1.81. The summed E-state index contributed by atoms with van der Waals surface area (Å²) in [5.74, 6) is 0.912. The highest BCUT2D eigenvalue weighted by Gasteiger charge is 2.30. The van der Waals surface area contributed by atoms with Gasteiger partial charge in [-0.3, -0.25) is 4.98 Å². The minimum Gasteiger partial charge on any atom is -0.313 e. The van der Waals surface area contributed by atoms with Crippen LogP contribution in [0.2, 0.25) is 0 Å². The Bertz CT molecular complexity index is 321. The summed E-state index contributed by atoms with van der Waals surface area (Å²) < 4.78 is 0. The van der Waals surface area contributed by atoms with Crippen molar-refractivity contribution in [2.75, 3.05) is 20.1 Å². The molecule has 0 aromatic carbocycles. The average molecular weight is 233 g/mol. The van der Waals surface area contributed by atoms with Gasteiger partial charge < -0.3 is 10.2 Å². The summed E-state index contributed by atoms with van der Waals surface area (Å²) in [6.45, 7) is 5.42. The topological polar surface area (TPSA) is 28.2 Å². The third-order valence-electron chi connectivity index (χ3n) is 3.37. The second kappa shape index (κ2) is 6.12. The van der Waals surface area contributed by atoms with E-state index in [9.17, 15) is 0 Å². The van der Waals surface area contributed by atoms with Crippen LogP contribution in [0.5, 0.6) is 0 Å². The van der Waals surface area contributed by atoms with E-state index < -0.39 is 0 Å². The van der Waals surface area contributed by atoms with Crippen LogP contribution in [0.25, 0.3) is 0 Å². The molecule has 1 fully saturated rings. The Kier molecular flexibility index (Phi) is 4.51. The van der Waals surface area contributed by atoms with E-state index in [-0.39, 0.29) is 0 Å². The molecular formula is C14H23N3. The van der Waals surface area contributed by atoms with Gasteiger partial charge in [-0.25, -0.2) is 0 Å². The van der Waals surface area contributed by atoms with Gasteiger partial charge in [-0.1, -0.05) is 6.92 Å². The Morgan fingerprint density at radius 2 is 2.12 bits per heavy atom. The van der Waals surface area contributed by atoms with Crippen molar-refractivity contribution in [2.45, 2.75) is 32.4 Å². The first-order chi connectivity index (χ1) is 8.29. The molecular weight excluding hydrogens is 210 g/mol. The smallest absolute Gasteiger partial charge is 0.0271 e. The quantitative estimate of drug-likeness (QED) is 0.779. The lowest BCUT2D eigenvalue weighted by atomic mass is 10.1. The Morgan fingerprint density at radius 3 is 2.71 bits per heavy atom. The van der Waals surface area contributed by atoms with Gasteiger partial charge in [0.25, 0.3) is 0 Å². The fourth-order valence-corrected chi connectivity index (χ4v) is 2.34. The van der Waals surface area contributed by atoms with Gasteiger partial charge in [0, 0.05) is 31.5 Å². The van der Waals surface area contributed by atoms with Crippen LogP contribution in [-0.2, 0) is 6.54 Å². The van der Waals surface area contributed by atoms with E-state index in [1.54, 1.807) is 0 Å². The number of likely N-dealkylation sites (N-methyl/N-ethyl adjacent to an activating group) is 2. The fourth-order valence-electron chi connectivity index (χ4n) is 2.34. The number of pyridine rings is 1. The molecule has 3 heteroatoms. The van der Waals surface area contributed by atoms with E-state index in [4.69, 9.17) is 0 Å². The highest BCUT2D eigenvalue weighted by atomic mass is 15.1. The summed E-state index contributed by atoms with van der Waals surface area (Å²) in [6.07, 6.45) is 6.54. The van der Waals surface area contributed by atoms with Crippen molar-refractivity contribution in [1.29, 1.82) is 0 Å². The number of rotatable bonds is 7. The lowest BCUT2D eigenvalue weighted by Crippen LogP contribution is -2.40. The second-order valence-corrected chi connectivity index (χ2v) is 5.05. The van der Waals surface area contributed by atoms with Crippen LogP contribution >= 0.6 is 0 Å². The van der Waals surface area contributed by atoms with Crippen molar-refractivity contribution in [2.24, 2.45) is 5.92 Å². The molecule has 1 saturated carbocycles. The normalized spacial score (nSPS) is 17.4. The number of nitrogens with one attached hydrogen (secondary N) is 1. The molecule has 1 unspecified atom stereocenters. The Morgan fingerprint density at radius 1 is 1.41 bits per heavy atom. The third kappa shape index (κ3) is 4.10. The lowest BCUT2D eigenvalue weighted by molar-refractivity contribution is 0.269. The molecule has 0 amide bonds. The van der Waals surface area contributed by atoms with Crippen LogP contribution < -0.4 is 5.32 Å². The first-order valence-electron chi connectivity index (χ1n) is 6.60. The van der Waals surface area contributed by atoms with Gasteiger partial charge in [-0.15, -0.1) is 0 Å². The van der Waals surface area contributed by atoms with Crippen molar-refractivity contribution >= 4 is 0 Å². The summed E-state index contributed by atoms with van der Waals surface area (Å²) in [7, 11) is 2.20. The molecule has 0 aliphatic heterocycles. The molecule has 1 atom stereocenters. The molecule has 0 spiro atoms. The summed E-state index contributed by atoms with van der Waals surface area (Å²) >= 11 is 0. The summed E-state index contributed by atoms with van der Waals surface area (Å²) in [5, 5.41) is 3.61. The highest BCUT2D eigenvalue weighted by Crippen LogP contribution is 2.32. The summed E-state index contributed by atoms with van der Waals surface area (Å²) in [6, 6.07) is 4.86. The highest BCUT2D eigenvalue weighted by molar-refractivity contribution is 5.09. The molecule has 1 N–H and O–H groups in total. The first kappa shape index (κ1) is 12.5. The van der Waals surface area contributed by atoms with Gasteiger partial charge in [0.2, 0.25) is 0 Å². The molecule has 1 heterocycles. The zero-order valence-corrected chi connectivity index (χ0v) is 10.9. The molecule has 3 nitrogen and oxygen atoms in total. The predicted molar refractivity (Wildman–Crippen MR) is 70.8 cm³/mol. The second-order valence-electron chi connectivity index (χ2n) is 5.05. The van der Waals surface area contributed by atoms with Gasteiger partial charge >= 0.3 is 0 Å². The Hall–Kier alpha value is -0.930. The van der Waals surface area contributed by atoms with Crippen molar-refractivity contribution in [3.05, 3.63) is 30.1 Å². The third-order valence-corrected chi connectivity index (χ3v) is 3.37. The summed E-state index contributed by atoms with van der Waals surface area (Å²) in [4.78, 5) is 6.45. The minimum atomic E-state index is 0.673. The zero-order valence-electron chi connectivity index (χ0n) is 10.9. The molecule has 1 aliphatic carbocycles. The van der Waals surface area contributed by atoms with Crippen LogP contribution in [0.3, 0.4) is 0 Å². The van der Waals surface area contributed by atoms with Gasteiger partial charge in [0.05, 0.1) is 0 Å². The molecule has 0 saturated heterocycles. The van der Waals surface area contributed by atoms with Gasteiger partial charge in [0.15, 0.2) is 0 Å². The minimum absolute atomic E-state index is 0.673. The van der Waals surface area contributed by atoms with E-state index in [1.165, 1.54) is 18.4 Å². The maximum Gasteiger partial charge on any atom is 0.0271 e. The molecule has 1 aromatic heterocycles. The monoisotopic (exact) mass is 233 g/mol. The number of nitrogens with zero attached hydrogens (tertiary/aromatic N) is 2. The molecule has 0 bridgehead atoms. The van der Waals surface area contributed by atoms with Crippen LogP contribution in [0.1, 0.15) is 25.3 Å². The first-order valence-corrected chi connectivity index (χ1v) is 6.60.